The molecule has 3 nitrogen and oxygen atoms in total. The Labute approximate surface area is 131 Å². The third-order valence-electron chi connectivity index (χ3n) is 3.41. The molecule has 0 unspecified atom stereocenters. The molecule has 0 atom stereocenters. The van der Waals surface area contributed by atoms with Gasteiger partial charge in [-0.2, -0.15) is 5.26 Å². The molecule has 1 N–H and O–H groups in total. The highest BCUT2D eigenvalue weighted by molar-refractivity contribution is 5.99. The summed E-state index contributed by atoms with van der Waals surface area (Å²) in [5.74, 6) is 1.50. The lowest BCUT2D eigenvalue weighted by Crippen LogP contribution is -2.10. The van der Waals surface area contributed by atoms with Crippen LogP contribution in [-0.2, 0) is 5.41 Å². The molecule has 0 amide bonds. The summed E-state index contributed by atoms with van der Waals surface area (Å²) in [6, 6.07) is 17.3. The minimum atomic E-state index is 0.120. The van der Waals surface area contributed by atoms with Gasteiger partial charge in [-0.3, -0.25) is 0 Å². The summed E-state index contributed by atoms with van der Waals surface area (Å²) in [5.41, 5.74) is 2.46. The largest absolute Gasteiger partial charge is 0.457 e. The molecule has 0 aliphatic rings. The zero-order valence-electron chi connectivity index (χ0n) is 13.2. The van der Waals surface area contributed by atoms with E-state index in [0.717, 1.165) is 17.1 Å². The molecule has 0 aliphatic heterocycles. The molecular weight excluding hydrogens is 272 g/mol. The summed E-state index contributed by atoms with van der Waals surface area (Å²) in [5, 5.41) is 16.4. The van der Waals surface area contributed by atoms with E-state index in [9.17, 15) is 0 Å². The normalized spacial score (nSPS) is 10.8. The van der Waals surface area contributed by atoms with Crippen molar-refractivity contribution in [3.63, 3.8) is 0 Å². The third-order valence-corrected chi connectivity index (χ3v) is 3.41. The topological polar surface area (TPSA) is 56.9 Å². The summed E-state index contributed by atoms with van der Waals surface area (Å²) in [7, 11) is 0. The molecule has 0 aromatic heterocycles. The van der Waals surface area contributed by atoms with Crippen molar-refractivity contribution in [2.75, 3.05) is 0 Å². The van der Waals surface area contributed by atoms with Crippen LogP contribution in [-0.4, -0.2) is 5.71 Å². The van der Waals surface area contributed by atoms with Crippen LogP contribution in [0.25, 0.3) is 0 Å². The quantitative estimate of drug-likeness (QED) is 0.801. The van der Waals surface area contributed by atoms with Gasteiger partial charge in [-0.1, -0.05) is 32.9 Å². The van der Waals surface area contributed by atoms with Crippen molar-refractivity contribution < 1.29 is 4.74 Å². The molecule has 0 saturated heterocycles. The minimum Gasteiger partial charge on any atom is -0.457 e. The van der Waals surface area contributed by atoms with Crippen LogP contribution in [0.2, 0.25) is 0 Å². The fourth-order valence-corrected chi connectivity index (χ4v) is 2.06. The van der Waals surface area contributed by atoms with Crippen molar-refractivity contribution in [3.8, 4) is 17.6 Å². The second kappa shape index (κ2) is 6.44. The van der Waals surface area contributed by atoms with Gasteiger partial charge in [-0.15, -0.1) is 0 Å². The maximum atomic E-state index is 8.61. The maximum absolute atomic E-state index is 8.61. The van der Waals surface area contributed by atoms with Gasteiger partial charge in [0.05, 0.1) is 18.2 Å². The standard InChI is InChI=1S/C19H20N2O/c1-19(2,3)15-6-10-17(11-7-15)22-16-8-4-14(5-9-16)18(21)12-13-20/h4-11,21H,12H2,1-3H3. The van der Waals surface area contributed by atoms with E-state index in [4.69, 9.17) is 15.4 Å². The van der Waals surface area contributed by atoms with Crippen molar-refractivity contribution in [1.82, 2.24) is 0 Å². The molecule has 112 valence electrons. The number of nitrogens with one attached hydrogen (secondary N) is 1. The molecule has 0 bridgehead atoms. The molecule has 0 aliphatic carbocycles. The molecule has 2 aromatic rings. The zero-order chi connectivity index (χ0) is 16.2. The first kappa shape index (κ1) is 15.8. The molecule has 0 heterocycles. The summed E-state index contributed by atoms with van der Waals surface area (Å²) < 4.78 is 5.81. The number of hydrogen-bond acceptors (Lipinski definition) is 3. The predicted octanol–water partition coefficient (Wildman–Crippen LogP) is 5.06. The van der Waals surface area contributed by atoms with Crippen molar-refractivity contribution in [2.24, 2.45) is 0 Å². The lowest BCUT2D eigenvalue weighted by molar-refractivity contribution is 0.481. The van der Waals surface area contributed by atoms with Gasteiger partial charge in [0.1, 0.15) is 11.5 Å². The fraction of sp³-hybridized carbons (Fsp3) is 0.263. The molecule has 0 saturated carbocycles. The first-order chi connectivity index (χ1) is 10.4. The average molecular weight is 292 g/mol. The molecule has 2 aromatic carbocycles. The van der Waals surface area contributed by atoms with Crippen LogP contribution in [0.1, 0.15) is 38.3 Å². The third kappa shape index (κ3) is 3.95. The van der Waals surface area contributed by atoms with Gasteiger partial charge in [0.15, 0.2) is 0 Å². The number of ether oxygens (including phenoxy) is 1. The highest BCUT2D eigenvalue weighted by Crippen LogP contribution is 2.27. The van der Waals surface area contributed by atoms with Gasteiger partial charge < -0.3 is 10.1 Å². The molecular formula is C19H20N2O. The van der Waals surface area contributed by atoms with Gasteiger partial charge in [0.2, 0.25) is 0 Å². The molecule has 0 fully saturated rings. The smallest absolute Gasteiger partial charge is 0.127 e. The lowest BCUT2D eigenvalue weighted by Gasteiger charge is -2.19. The van der Waals surface area contributed by atoms with Crippen LogP contribution in [0.3, 0.4) is 0 Å². The highest BCUT2D eigenvalue weighted by Gasteiger charge is 2.13. The van der Waals surface area contributed by atoms with E-state index in [2.05, 4.69) is 32.9 Å². The van der Waals surface area contributed by atoms with Crippen LogP contribution >= 0.6 is 0 Å². The molecule has 0 spiro atoms. The van der Waals surface area contributed by atoms with Crippen LogP contribution in [0.15, 0.2) is 48.5 Å². The first-order valence-corrected chi connectivity index (χ1v) is 7.23. The second-order valence-corrected chi connectivity index (χ2v) is 6.21. The van der Waals surface area contributed by atoms with Crippen LogP contribution in [0, 0.1) is 16.7 Å². The SMILES string of the molecule is CC(C)(C)c1ccc(Oc2ccc(C(=N)CC#N)cc2)cc1. The molecule has 22 heavy (non-hydrogen) atoms. The van der Waals surface area contributed by atoms with Crippen LogP contribution in [0.5, 0.6) is 11.5 Å². The van der Waals surface area contributed by atoms with E-state index in [1.807, 2.05) is 30.3 Å². The number of benzene rings is 2. The van der Waals surface area contributed by atoms with E-state index >= 15 is 0 Å². The van der Waals surface area contributed by atoms with Gasteiger partial charge in [-0.05, 0) is 52.9 Å². The molecule has 3 heteroatoms. The Bertz CT molecular complexity index is 686. The van der Waals surface area contributed by atoms with Crippen molar-refractivity contribution in [1.29, 1.82) is 10.7 Å². The highest BCUT2D eigenvalue weighted by atomic mass is 16.5. The number of nitriles is 1. The average Bonchev–Trinajstić information content (AvgIpc) is 2.48. The number of hydrogen-bond donors (Lipinski definition) is 1. The van der Waals surface area contributed by atoms with E-state index in [0.29, 0.717) is 5.71 Å². The Morgan fingerprint density at radius 2 is 1.50 bits per heavy atom. The Morgan fingerprint density at radius 3 is 1.95 bits per heavy atom. The maximum Gasteiger partial charge on any atom is 0.127 e. The summed E-state index contributed by atoms with van der Waals surface area (Å²) >= 11 is 0. The summed E-state index contributed by atoms with van der Waals surface area (Å²) in [6.07, 6.45) is 0.120. The van der Waals surface area contributed by atoms with E-state index < -0.39 is 0 Å². The number of rotatable bonds is 4. The van der Waals surface area contributed by atoms with E-state index in [-0.39, 0.29) is 11.8 Å². The van der Waals surface area contributed by atoms with Crippen molar-refractivity contribution in [3.05, 3.63) is 59.7 Å². The predicted molar refractivity (Wildman–Crippen MR) is 88.7 cm³/mol. The van der Waals surface area contributed by atoms with E-state index in [1.165, 1.54) is 5.56 Å². The first-order valence-electron chi connectivity index (χ1n) is 7.23. The molecule has 2 rings (SSSR count). The Kier molecular flexibility index (Phi) is 4.62. The second-order valence-electron chi connectivity index (χ2n) is 6.21. The molecule has 0 radical (unpaired) electrons. The van der Waals surface area contributed by atoms with Gasteiger partial charge in [-0.25, -0.2) is 0 Å². The van der Waals surface area contributed by atoms with Crippen molar-refractivity contribution >= 4 is 5.71 Å². The van der Waals surface area contributed by atoms with E-state index in [1.54, 1.807) is 12.1 Å². The Hall–Kier alpha value is -2.60. The summed E-state index contributed by atoms with van der Waals surface area (Å²) in [6.45, 7) is 6.54. The van der Waals surface area contributed by atoms with Crippen LogP contribution in [0.4, 0.5) is 0 Å². The minimum absolute atomic E-state index is 0.120. The van der Waals surface area contributed by atoms with Gasteiger partial charge >= 0.3 is 0 Å². The van der Waals surface area contributed by atoms with Crippen LogP contribution < -0.4 is 4.74 Å². The fourth-order valence-electron chi connectivity index (χ4n) is 2.06. The monoisotopic (exact) mass is 292 g/mol. The van der Waals surface area contributed by atoms with Gasteiger partial charge in [0.25, 0.3) is 0 Å². The Morgan fingerprint density at radius 1 is 1.00 bits per heavy atom. The lowest BCUT2D eigenvalue weighted by atomic mass is 9.87. The Balaban J connectivity index is 2.08. The zero-order valence-corrected chi connectivity index (χ0v) is 13.2. The van der Waals surface area contributed by atoms with Crippen molar-refractivity contribution in [2.45, 2.75) is 32.6 Å². The number of nitrogens with zero attached hydrogens (tertiary/aromatic N) is 1. The summed E-state index contributed by atoms with van der Waals surface area (Å²) in [4.78, 5) is 0. The van der Waals surface area contributed by atoms with Gasteiger partial charge in [0, 0.05) is 0 Å².